The van der Waals surface area contributed by atoms with Gasteiger partial charge >= 0.3 is 0 Å². The normalized spacial score (nSPS) is 17.6. The van der Waals surface area contributed by atoms with Crippen LogP contribution < -0.4 is 10.2 Å². The van der Waals surface area contributed by atoms with E-state index in [2.05, 4.69) is 48.3 Å². The molecule has 0 radical (unpaired) electrons. The fourth-order valence-electron chi connectivity index (χ4n) is 2.35. The Morgan fingerprint density at radius 1 is 1.12 bits per heavy atom. The highest BCUT2D eigenvalue weighted by molar-refractivity contribution is 5.55. The van der Waals surface area contributed by atoms with Crippen molar-refractivity contribution in [3.63, 3.8) is 0 Å². The van der Waals surface area contributed by atoms with E-state index in [0.717, 1.165) is 19.6 Å². The van der Waals surface area contributed by atoms with Crippen molar-refractivity contribution < 1.29 is 0 Å². The SMILES string of the molecule is CC(C)c1ccccc1N1CCCNCC1. The summed E-state index contributed by atoms with van der Waals surface area (Å²) in [5.41, 5.74) is 2.91. The minimum atomic E-state index is 0.604. The highest BCUT2D eigenvalue weighted by atomic mass is 15.2. The second-order valence-electron chi connectivity index (χ2n) is 4.80. The fraction of sp³-hybridized carbons (Fsp3) is 0.571. The summed E-state index contributed by atoms with van der Waals surface area (Å²) >= 11 is 0. The van der Waals surface area contributed by atoms with E-state index < -0.39 is 0 Å². The molecule has 1 aromatic rings. The zero-order valence-corrected chi connectivity index (χ0v) is 10.4. The molecule has 0 aliphatic carbocycles. The van der Waals surface area contributed by atoms with Crippen molar-refractivity contribution in [2.75, 3.05) is 31.1 Å². The van der Waals surface area contributed by atoms with Gasteiger partial charge in [0.1, 0.15) is 0 Å². The van der Waals surface area contributed by atoms with E-state index >= 15 is 0 Å². The van der Waals surface area contributed by atoms with Crippen molar-refractivity contribution in [1.82, 2.24) is 5.32 Å². The molecule has 0 amide bonds. The summed E-state index contributed by atoms with van der Waals surface area (Å²) in [7, 11) is 0. The Kier molecular flexibility index (Phi) is 3.83. The first-order valence-electron chi connectivity index (χ1n) is 6.33. The van der Waals surface area contributed by atoms with Gasteiger partial charge in [-0.25, -0.2) is 0 Å². The molecule has 2 heteroatoms. The van der Waals surface area contributed by atoms with Crippen LogP contribution in [0.15, 0.2) is 24.3 Å². The van der Waals surface area contributed by atoms with Gasteiger partial charge in [0.05, 0.1) is 0 Å². The zero-order valence-electron chi connectivity index (χ0n) is 10.4. The van der Waals surface area contributed by atoms with Crippen LogP contribution in [-0.4, -0.2) is 26.2 Å². The smallest absolute Gasteiger partial charge is 0.0401 e. The topological polar surface area (TPSA) is 15.3 Å². The summed E-state index contributed by atoms with van der Waals surface area (Å²) in [6, 6.07) is 8.83. The summed E-state index contributed by atoms with van der Waals surface area (Å²) in [5.74, 6) is 0.604. The van der Waals surface area contributed by atoms with Gasteiger partial charge in [0.25, 0.3) is 0 Å². The van der Waals surface area contributed by atoms with Crippen molar-refractivity contribution in [1.29, 1.82) is 0 Å². The maximum absolute atomic E-state index is 3.45. The third kappa shape index (κ3) is 2.56. The zero-order chi connectivity index (χ0) is 11.4. The predicted molar refractivity (Wildman–Crippen MR) is 70.2 cm³/mol. The molecule has 0 spiro atoms. The Labute approximate surface area is 98.7 Å². The standard InChI is InChI=1S/C14H22N2/c1-12(2)13-6-3-4-7-14(13)16-10-5-8-15-9-11-16/h3-4,6-7,12,15H,5,8-11H2,1-2H3. The lowest BCUT2D eigenvalue weighted by molar-refractivity contribution is 0.724. The first-order valence-corrected chi connectivity index (χ1v) is 6.33. The first kappa shape index (κ1) is 11.5. The van der Waals surface area contributed by atoms with E-state index in [9.17, 15) is 0 Å². The molecule has 1 aliphatic rings. The highest BCUT2D eigenvalue weighted by Crippen LogP contribution is 2.27. The predicted octanol–water partition coefficient (Wildman–Crippen LogP) is 2.61. The monoisotopic (exact) mass is 218 g/mol. The Hall–Kier alpha value is -1.02. The molecule has 0 atom stereocenters. The summed E-state index contributed by atoms with van der Waals surface area (Å²) in [4.78, 5) is 2.52. The van der Waals surface area contributed by atoms with Gasteiger partial charge in [-0.15, -0.1) is 0 Å². The van der Waals surface area contributed by atoms with Crippen LogP contribution in [0, 0.1) is 0 Å². The van der Waals surface area contributed by atoms with Crippen LogP contribution in [-0.2, 0) is 0 Å². The maximum atomic E-state index is 3.45. The third-order valence-electron chi connectivity index (χ3n) is 3.24. The summed E-state index contributed by atoms with van der Waals surface area (Å²) in [6.45, 7) is 9.11. The third-order valence-corrected chi connectivity index (χ3v) is 3.24. The molecule has 1 saturated heterocycles. The number of benzene rings is 1. The molecule has 0 unspecified atom stereocenters. The summed E-state index contributed by atoms with van der Waals surface area (Å²) in [5, 5.41) is 3.45. The van der Waals surface area contributed by atoms with E-state index in [0.29, 0.717) is 5.92 Å². The molecule has 0 bridgehead atoms. The van der Waals surface area contributed by atoms with Crippen LogP contribution in [0.25, 0.3) is 0 Å². The second-order valence-corrected chi connectivity index (χ2v) is 4.80. The van der Waals surface area contributed by atoms with Crippen molar-refractivity contribution in [3.05, 3.63) is 29.8 Å². The average molecular weight is 218 g/mol. The second kappa shape index (κ2) is 5.35. The number of rotatable bonds is 2. The van der Waals surface area contributed by atoms with Crippen LogP contribution in [0.3, 0.4) is 0 Å². The van der Waals surface area contributed by atoms with E-state index in [1.807, 2.05) is 0 Å². The number of hydrogen-bond donors (Lipinski definition) is 1. The first-order chi connectivity index (χ1) is 7.79. The fourth-order valence-corrected chi connectivity index (χ4v) is 2.35. The molecule has 1 fully saturated rings. The largest absolute Gasteiger partial charge is 0.370 e. The van der Waals surface area contributed by atoms with Gasteiger partial charge in [-0.2, -0.15) is 0 Å². The maximum Gasteiger partial charge on any atom is 0.0401 e. The van der Waals surface area contributed by atoms with Crippen LogP contribution in [0.4, 0.5) is 5.69 Å². The molecule has 1 N–H and O–H groups in total. The number of para-hydroxylation sites is 1. The average Bonchev–Trinajstić information content (AvgIpc) is 2.57. The van der Waals surface area contributed by atoms with Gasteiger partial charge in [0, 0.05) is 25.3 Å². The molecule has 88 valence electrons. The Morgan fingerprint density at radius 2 is 1.94 bits per heavy atom. The molecule has 1 heterocycles. The molecule has 16 heavy (non-hydrogen) atoms. The van der Waals surface area contributed by atoms with Gasteiger partial charge < -0.3 is 10.2 Å². The van der Waals surface area contributed by atoms with Gasteiger partial charge in [-0.05, 0) is 30.5 Å². The lowest BCUT2D eigenvalue weighted by atomic mass is 10.0. The van der Waals surface area contributed by atoms with Gasteiger partial charge in [0.15, 0.2) is 0 Å². The summed E-state index contributed by atoms with van der Waals surface area (Å²) in [6.07, 6.45) is 1.24. The Morgan fingerprint density at radius 3 is 2.75 bits per heavy atom. The molecule has 2 rings (SSSR count). The van der Waals surface area contributed by atoms with E-state index in [1.165, 1.54) is 24.2 Å². The molecule has 1 aliphatic heterocycles. The van der Waals surface area contributed by atoms with Crippen LogP contribution in [0.2, 0.25) is 0 Å². The minimum absolute atomic E-state index is 0.604. The quantitative estimate of drug-likeness (QED) is 0.821. The summed E-state index contributed by atoms with van der Waals surface area (Å²) < 4.78 is 0. The van der Waals surface area contributed by atoms with Crippen molar-refractivity contribution in [2.45, 2.75) is 26.2 Å². The number of nitrogens with one attached hydrogen (secondary N) is 1. The van der Waals surface area contributed by atoms with Crippen LogP contribution in [0.5, 0.6) is 0 Å². The van der Waals surface area contributed by atoms with Gasteiger partial charge in [-0.3, -0.25) is 0 Å². The van der Waals surface area contributed by atoms with E-state index in [-0.39, 0.29) is 0 Å². The molecule has 0 saturated carbocycles. The van der Waals surface area contributed by atoms with Crippen molar-refractivity contribution >= 4 is 5.69 Å². The lowest BCUT2D eigenvalue weighted by Crippen LogP contribution is -2.28. The minimum Gasteiger partial charge on any atom is -0.370 e. The Balaban J connectivity index is 2.23. The van der Waals surface area contributed by atoms with Crippen LogP contribution >= 0.6 is 0 Å². The van der Waals surface area contributed by atoms with E-state index in [4.69, 9.17) is 0 Å². The van der Waals surface area contributed by atoms with Gasteiger partial charge in [0.2, 0.25) is 0 Å². The highest BCUT2D eigenvalue weighted by Gasteiger charge is 2.14. The molecular weight excluding hydrogens is 196 g/mol. The number of anilines is 1. The van der Waals surface area contributed by atoms with Gasteiger partial charge in [-0.1, -0.05) is 32.0 Å². The molecule has 1 aromatic carbocycles. The lowest BCUT2D eigenvalue weighted by Gasteiger charge is -2.26. The van der Waals surface area contributed by atoms with Crippen molar-refractivity contribution in [3.8, 4) is 0 Å². The Bertz CT molecular complexity index is 325. The molecular formula is C14H22N2. The van der Waals surface area contributed by atoms with Crippen molar-refractivity contribution in [2.24, 2.45) is 0 Å². The number of nitrogens with zero attached hydrogens (tertiary/aromatic N) is 1. The number of hydrogen-bond acceptors (Lipinski definition) is 2. The van der Waals surface area contributed by atoms with E-state index in [1.54, 1.807) is 0 Å². The molecule has 2 nitrogen and oxygen atoms in total. The van der Waals surface area contributed by atoms with Crippen LogP contribution in [0.1, 0.15) is 31.7 Å². The molecule has 0 aromatic heterocycles.